The monoisotopic (exact) mass is 469 g/mol. The van der Waals surface area contributed by atoms with Gasteiger partial charge in [0.05, 0.1) is 5.92 Å². The van der Waals surface area contributed by atoms with Crippen LogP contribution in [0.15, 0.2) is 127 Å². The molecule has 0 aliphatic carbocycles. The molecule has 0 saturated carbocycles. The quantitative estimate of drug-likeness (QED) is 0.215. The fourth-order valence-corrected chi connectivity index (χ4v) is 6.62. The fraction of sp³-hybridized carbons (Fsp3) is 0.125. The van der Waals surface area contributed by atoms with E-state index in [0.29, 0.717) is 0 Å². The second-order valence-electron chi connectivity index (χ2n) is 9.67. The first kappa shape index (κ1) is 21.0. The SMILES string of the molecule is O=[N+]([O-])[C@@H]1[C@@H](c2ccccc2)[C@@]2(c3ccccc3)O[C@@]1(c1ccccc1)c1cc3ccccc3cc12. The Balaban J connectivity index is 1.67. The number of nitro groups is 1. The third kappa shape index (κ3) is 2.62. The third-order valence-electron chi connectivity index (χ3n) is 7.97. The third-order valence-corrected chi connectivity index (χ3v) is 7.97. The molecule has 0 spiro atoms. The topological polar surface area (TPSA) is 52.4 Å². The second-order valence-corrected chi connectivity index (χ2v) is 9.67. The van der Waals surface area contributed by atoms with Crippen molar-refractivity contribution in [3.05, 3.63) is 165 Å². The van der Waals surface area contributed by atoms with E-state index in [1.807, 2.05) is 103 Å². The van der Waals surface area contributed by atoms with Crippen LogP contribution in [0, 0.1) is 10.1 Å². The molecule has 2 heterocycles. The Kier molecular flexibility index (Phi) is 4.45. The molecule has 2 bridgehead atoms. The number of benzene rings is 5. The molecule has 0 radical (unpaired) electrons. The first-order chi connectivity index (χ1) is 17.7. The second kappa shape index (κ2) is 7.61. The molecule has 2 aliphatic heterocycles. The number of fused-ring (bicyclic) bond motifs is 6. The molecule has 1 saturated heterocycles. The molecule has 174 valence electrons. The van der Waals surface area contributed by atoms with E-state index in [1.165, 1.54) is 0 Å². The molecule has 1 fully saturated rings. The van der Waals surface area contributed by atoms with Gasteiger partial charge in [0.2, 0.25) is 0 Å². The van der Waals surface area contributed by atoms with E-state index in [9.17, 15) is 10.1 Å². The lowest BCUT2D eigenvalue weighted by Crippen LogP contribution is -2.47. The summed E-state index contributed by atoms with van der Waals surface area (Å²) in [5, 5.41) is 15.3. The molecule has 2 aliphatic rings. The van der Waals surface area contributed by atoms with Crippen LogP contribution < -0.4 is 0 Å². The van der Waals surface area contributed by atoms with Crippen molar-refractivity contribution in [2.75, 3.05) is 0 Å². The van der Waals surface area contributed by atoms with Gasteiger partial charge >= 0.3 is 0 Å². The number of nitrogens with zero attached hydrogens (tertiary/aromatic N) is 1. The van der Waals surface area contributed by atoms with E-state index < -0.39 is 23.2 Å². The number of ether oxygens (including phenoxy) is 1. The van der Waals surface area contributed by atoms with Crippen LogP contribution in [-0.4, -0.2) is 11.0 Å². The predicted molar refractivity (Wildman–Crippen MR) is 139 cm³/mol. The van der Waals surface area contributed by atoms with Gasteiger partial charge in [0, 0.05) is 10.5 Å². The lowest BCUT2D eigenvalue weighted by atomic mass is 9.61. The highest BCUT2D eigenvalue weighted by Gasteiger charge is 2.76. The van der Waals surface area contributed by atoms with Crippen LogP contribution in [0.1, 0.15) is 33.7 Å². The van der Waals surface area contributed by atoms with Crippen LogP contribution in [-0.2, 0) is 15.9 Å². The Hall–Kier alpha value is -4.28. The van der Waals surface area contributed by atoms with Crippen LogP contribution in [0.5, 0.6) is 0 Å². The predicted octanol–water partition coefficient (Wildman–Crippen LogP) is 6.80. The molecular formula is C32H23NO3. The minimum absolute atomic E-state index is 0.118. The van der Waals surface area contributed by atoms with Crippen molar-refractivity contribution < 1.29 is 9.66 Å². The molecule has 4 heteroatoms. The highest BCUT2D eigenvalue weighted by Crippen LogP contribution is 2.69. The van der Waals surface area contributed by atoms with Gasteiger partial charge in [-0.15, -0.1) is 0 Å². The molecule has 0 amide bonds. The highest BCUT2D eigenvalue weighted by atomic mass is 16.6. The van der Waals surface area contributed by atoms with Crippen molar-refractivity contribution in [1.82, 2.24) is 0 Å². The Morgan fingerprint density at radius 3 is 1.58 bits per heavy atom. The van der Waals surface area contributed by atoms with Gasteiger partial charge in [0.1, 0.15) is 5.60 Å². The van der Waals surface area contributed by atoms with Crippen molar-refractivity contribution in [2.45, 2.75) is 23.2 Å². The van der Waals surface area contributed by atoms with E-state index in [0.717, 1.165) is 38.6 Å². The van der Waals surface area contributed by atoms with Crippen LogP contribution in [0.25, 0.3) is 10.8 Å². The minimum Gasteiger partial charge on any atom is -0.341 e. The van der Waals surface area contributed by atoms with Gasteiger partial charge in [-0.2, -0.15) is 0 Å². The zero-order valence-corrected chi connectivity index (χ0v) is 19.5. The number of hydrogen-bond acceptors (Lipinski definition) is 3. The van der Waals surface area contributed by atoms with Gasteiger partial charge in [0.15, 0.2) is 5.60 Å². The van der Waals surface area contributed by atoms with Crippen molar-refractivity contribution in [1.29, 1.82) is 0 Å². The average Bonchev–Trinajstić information content (AvgIpc) is 3.42. The fourth-order valence-electron chi connectivity index (χ4n) is 6.62. The Morgan fingerprint density at radius 1 is 0.611 bits per heavy atom. The maximum Gasteiger partial charge on any atom is 0.260 e. The standard InChI is InChI=1S/C32H23NO3/c34-33(35)30-29(22-12-4-1-5-13-22)31(25-16-6-2-7-17-25)27-20-23-14-10-11-15-24(23)21-28(27)32(30,36-31)26-18-8-3-9-19-26/h1-21,29-30H/t29-,30-,31+,32+/m1/s1. The maximum absolute atomic E-state index is 13.1. The molecule has 4 nitrogen and oxygen atoms in total. The Labute approximate surface area is 208 Å². The summed E-state index contributed by atoms with van der Waals surface area (Å²) in [7, 11) is 0. The van der Waals surface area contributed by atoms with E-state index in [4.69, 9.17) is 4.74 Å². The van der Waals surface area contributed by atoms with E-state index in [-0.39, 0.29) is 4.92 Å². The Morgan fingerprint density at radius 2 is 1.06 bits per heavy atom. The first-order valence-electron chi connectivity index (χ1n) is 12.2. The van der Waals surface area contributed by atoms with Crippen molar-refractivity contribution in [3.63, 3.8) is 0 Å². The van der Waals surface area contributed by atoms with Crippen LogP contribution in [0.2, 0.25) is 0 Å². The van der Waals surface area contributed by atoms with E-state index in [2.05, 4.69) is 24.3 Å². The highest BCUT2D eigenvalue weighted by molar-refractivity contribution is 5.86. The summed E-state index contributed by atoms with van der Waals surface area (Å²) in [5.74, 6) is -0.523. The van der Waals surface area contributed by atoms with Gasteiger partial charge in [0.25, 0.3) is 6.04 Å². The average molecular weight is 470 g/mol. The first-order valence-corrected chi connectivity index (χ1v) is 12.2. The van der Waals surface area contributed by atoms with Gasteiger partial charge < -0.3 is 4.74 Å². The molecule has 4 atom stereocenters. The molecule has 0 unspecified atom stereocenters. The molecule has 5 aromatic carbocycles. The number of rotatable bonds is 4. The molecular weight excluding hydrogens is 446 g/mol. The van der Waals surface area contributed by atoms with E-state index >= 15 is 0 Å². The number of hydrogen-bond donors (Lipinski definition) is 0. The summed E-state index contributed by atoms with van der Waals surface area (Å²) in [6.45, 7) is 0. The van der Waals surface area contributed by atoms with Crippen molar-refractivity contribution in [2.24, 2.45) is 0 Å². The summed E-state index contributed by atoms with van der Waals surface area (Å²) in [6, 6.07) is 41.1. The molecule has 7 rings (SSSR count). The summed E-state index contributed by atoms with van der Waals surface area (Å²) < 4.78 is 7.26. The minimum atomic E-state index is -1.24. The molecule has 0 N–H and O–H groups in total. The van der Waals surface area contributed by atoms with Crippen molar-refractivity contribution >= 4 is 10.8 Å². The zero-order valence-electron chi connectivity index (χ0n) is 19.5. The van der Waals surface area contributed by atoms with Crippen LogP contribution >= 0.6 is 0 Å². The largest absolute Gasteiger partial charge is 0.341 e. The van der Waals surface area contributed by atoms with Crippen LogP contribution in [0.3, 0.4) is 0 Å². The van der Waals surface area contributed by atoms with Crippen LogP contribution in [0.4, 0.5) is 0 Å². The summed E-state index contributed by atoms with van der Waals surface area (Å²) >= 11 is 0. The Bertz CT molecular complexity index is 1600. The normalized spacial score (nSPS) is 26.1. The summed E-state index contributed by atoms with van der Waals surface area (Å²) in [6.07, 6.45) is 0. The van der Waals surface area contributed by atoms with Gasteiger partial charge in [-0.25, -0.2) is 0 Å². The summed E-state index contributed by atoms with van der Waals surface area (Å²) in [5.41, 5.74) is 2.26. The summed E-state index contributed by atoms with van der Waals surface area (Å²) in [4.78, 5) is 13.0. The van der Waals surface area contributed by atoms with Crippen molar-refractivity contribution in [3.8, 4) is 0 Å². The van der Waals surface area contributed by atoms with Gasteiger partial charge in [-0.3, -0.25) is 10.1 Å². The smallest absolute Gasteiger partial charge is 0.260 e. The zero-order chi connectivity index (χ0) is 24.3. The lowest BCUT2D eigenvalue weighted by Gasteiger charge is -2.37. The molecule has 36 heavy (non-hydrogen) atoms. The van der Waals surface area contributed by atoms with E-state index in [1.54, 1.807) is 0 Å². The maximum atomic E-state index is 13.1. The lowest BCUT2D eigenvalue weighted by molar-refractivity contribution is -0.539. The molecule has 5 aromatic rings. The molecule has 0 aromatic heterocycles. The van der Waals surface area contributed by atoms with Gasteiger partial charge in [-0.1, -0.05) is 115 Å². The van der Waals surface area contributed by atoms with Gasteiger partial charge in [-0.05, 0) is 45.2 Å².